The molecule has 84 valence electrons. The normalized spacial score (nSPS) is 29.5. The first kappa shape index (κ1) is 10.5. The van der Waals surface area contributed by atoms with Crippen molar-refractivity contribution in [3.8, 4) is 0 Å². The van der Waals surface area contributed by atoms with Crippen molar-refractivity contribution in [2.45, 2.75) is 45.2 Å². The summed E-state index contributed by atoms with van der Waals surface area (Å²) in [6, 6.07) is 0.667. The van der Waals surface area contributed by atoms with Crippen molar-refractivity contribution in [3.63, 3.8) is 0 Å². The molecule has 2 unspecified atom stereocenters. The maximum absolute atomic E-state index is 5.42. The van der Waals surface area contributed by atoms with Crippen LogP contribution in [-0.4, -0.2) is 37.1 Å². The summed E-state index contributed by atoms with van der Waals surface area (Å²) in [5, 5.41) is 0. The molecule has 0 N–H and O–H groups in total. The molecule has 2 heterocycles. The van der Waals surface area contributed by atoms with E-state index in [1.54, 1.807) is 0 Å². The maximum Gasteiger partial charge on any atom is 0.183 e. The number of nitrogens with zero attached hydrogens (tertiary/aromatic N) is 2. The minimum Gasteiger partial charge on any atom is -0.479 e. The Balaban J connectivity index is 1.67. The van der Waals surface area contributed by atoms with E-state index in [4.69, 9.17) is 9.47 Å². The zero-order valence-electron chi connectivity index (χ0n) is 9.40. The van der Waals surface area contributed by atoms with Gasteiger partial charge in [-0.3, -0.25) is 0 Å². The zero-order valence-corrected chi connectivity index (χ0v) is 9.40. The second-order valence-corrected chi connectivity index (χ2v) is 4.22. The van der Waals surface area contributed by atoms with Gasteiger partial charge in [0.05, 0.1) is 12.1 Å². The lowest BCUT2D eigenvalue weighted by atomic mass is 10.2. The molecule has 2 aliphatic rings. The number of ether oxygens (including phenoxy) is 2. The molecule has 0 aromatic carbocycles. The highest BCUT2D eigenvalue weighted by Gasteiger charge is 2.16. The molecule has 2 rings (SSSR count). The van der Waals surface area contributed by atoms with Crippen molar-refractivity contribution in [2.75, 3.05) is 13.2 Å². The summed E-state index contributed by atoms with van der Waals surface area (Å²) in [7, 11) is 0. The summed E-state index contributed by atoms with van der Waals surface area (Å²) in [6.45, 7) is 5.62. The molecule has 0 amide bonds. The van der Waals surface area contributed by atoms with Crippen molar-refractivity contribution in [1.82, 2.24) is 0 Å². The monoisotopic (exact) mass is 210 g/mol. The molecule has 4 nitrogen and oxygen atoms in total. The largest absolute Gasteiger partial charge is 0.479 e. The molecule has 0 fully saturated rings. The van der Waals surface area contributed by atoms with Crippen LogP contribution in [0.4, 0.5) is 0 Å². The van der Waals surface area contributed by atoms with Crippen LogP contribution in [0.3, 0.4) is 0 Å². The van der Waals surface area contributed by atoms with Crippen LogP contribution in [0.15, 0.2) is 9.98 Å². The van der Waals surface area contributed by atoms with Gasteiger partial charge < -0.3 is 9.47 Å². The molecule has 0 radical (unpaired) electrons. The third-order valence-electron chi connectivity index (χ3n) is 2.49. The molecule has 0 aromatic heterocycles. The van der Waals surface area contributed by atoms with Crippen molar-refractivity contribution in [1.29, 1.82) is 0 Å². The van der Waals surface area contributed by atoms with E-state index in [9.17, 15) is 0 Å². The fraction of sp³-hybridized carbons (Fsp3) is 0.818. The summed E-state index contributed by atoms with van der Waals surface area (Å²) in [5.41, 5.74) is 0. The highest BCUT2D eigenvalue weighted by Crippen LogP contribution is 2.12. The van der Waals surface area contributed by atoms with Crippen molar-refractivity contribution in [3.05, 3.63) is 0 Å². The smallest absolute Gasteiger partial charge is 0.183 e. The van der Waals surface area contributed by atoms with Crippen LogP contribution >= 0.6 is 0 Å². The molecule has 2 atom stereocenters. The average Bonchev–Trinajstić information content (AvgIpc) is 2.76. The van der Waals surface area contributed by atoms with E-state index in [0.29, 0.717) is 12.1 Å². The van der Waals surface area contributed by atoms with Gasteiger partial charge in [-0.25, -0.2) is 9.98 Å². The number of aliphatic imine (C=N–C) groups is 2. The highest BCUT2D eigenvalue weighted by molar-refractivity contribution is 5.80. The van der Waals surface area contributed by atoms with E-state index in [1.807, 2.05) is 0 Å². The molecule has 0 saturated heterocycles. The number of hydrogen-bond donors (Lipinski definition) is 0. The third kappa shape index (κ3) is 2.94. The summed E-state index contributed by atoms with van der Waals surface area (Å²) >= 11 is 0. The Morgan fingerprint density at radius 1 is 1.00 bits per heavy atom. The zero-order chi connectivity index (χ0) is 10.7. The van der Waals surface area contributed by atoms with Gasteiger partial charge in [0.15, 0.2) is 11.8 Å². The van der Waals surface area contributed by atoms with Gasteiger partial charge >= 0.3 is 0 Å². The minimum atomic E-state index is 0.333. The standard InChI is InChI=1S/C11H18N2O2/c1-8-6-14-10(12-8)4-3-5-11-13-9(2)7-15-11/h8-9H,3-7H2,1-2H3. The van der Waals surface area contributed by atoms with E-state index in [2.05, 4.69) is 23.8 Å². The molecular weight excluding hydrogens is 192 g/mol. The van der Waals surface area contributed by atoms with Gasteiger partial charge in [-0.1, -0.05) is 0 Å². The van der Waals surface area contributed by atoms with Crippen LogP contribution in [0, 0.1) is 0 Å². The molecule has 15 heavy (non-hydrogen) atoms. The van der Waals surface area contributed by atoms with Gasteiger partial charge in [0.1, 0.15) is 13.2 Å². The number of hydrogen-bond acceptors (Lipinski definition) is 4. The van der Waals surface area contributed by atoms with Gasteiger partial charge in [-0.05, 0) is 20.3 Å². The second kappa shape index (κ2) is 4.64. The van der Waals surface area contributed by atoms with Crippen molar-refractivity contribution in [2.24, 2.45) is 9.98 Å². The van der Waals surface area contributed by atoms with Crippen LogP contribution in [0.2, 0.25) is 0 Å². The minimum absolute atomic E-state index is 0.333. The first-order valence-corrected chi connectivity index (χ1v) is 5.63. The molecule has 4 heteroatoms. The quantitative estimate of drug-likeness (QED) is 0.710. The van der Waals surface area contributed by atoms with Crippen LogP contribution in [0.5, 0.6) is 0 Å². The van der Waals surface area contributed by atoms with Gasteiger partial charge in [-0.15, -0.1) is 0 Å². The lowest BCUT2D eigenvalue weighted by Gasteiger charge is -2.01. The van der Waals surface area contributed by atoms with Crippen molar-refractivity contribution < 1.29 is 9.47 Å². The van der Waals surface area contributed by atoms with Gasteiger partial charge in [0.2, 0.25) is 0 Å². The molecule has 0 spiro atoms. The van der Waals surface area contributed by atoms with E-state index < -0.39 is 0 Å². The Morgan fingerprint density at radius 3 is 1.80 bits per heavy atom. The first-order valence-electron chi connectivity index (χ1n) is 5.63. The molecule has 0 bridgehead atoms. The van der Waals surface area contributed by atoms with Gasteiger partial charge in [0.25, 0.3) is 0 Å². The third-order valence-corrected chi connectivity index (χ3v) is 2.49. The van der Waals surface area contributed by atoms with E-state index in [-0.39, 0.29) is 0 Å². The maximum atomic E-state index is 5.42. The SMILES string of the molecule is CC1COC(CCCC2=NC(C)CO2)=N1. The average molecular weight is 210 g/mol. The van der Waals surface area contributed by atoms with Crippen LogP contribution in [0.25, 0.3) is 0 Å². The Labute approximate surface area is 90.4 Å². The first-order chi connectivity index (χ1) is 7.24. The van der Waals surface area contributed by atoms with Crippen LogP contribution < -0.4 is 0 Å². The Morgan fingerprint density at radius 2 is 1.47 bits per heavy atom. The molecule has 0 aromatic rings. The van der Waals surface area contributed by atoms with Gasteiger partial charge in [0, 0.05) is 12.8 Å². The fourth-order valence-electron chi connectivity index (χ4n) is 1.74. The summed E-state index contributed by atoms with van der Waals surface area (Å²) < 4.78 is 10.8. The molecule has 0 saturated carbocycles. The van der Waals surface area contributed by atoms with E-state index in [0.717, 1.165) is 44.3 Å². The molecule has 0 aliphatic carbocycles. The Bertz CT molecular complexity index is 258. The lowest BCUT2D eigenvalue weighted by molar-refractivity contribution is 0.309. The van der Waals surface area contributed by atoms with Crippen molar-refractivity contribution >= 4 is 11.8 Å². The summed E-state index contributed by atoms with van der Waals surface area (Å²) in [6.07, 6.45) is 2.82. The fourth-order valence-corrected chi connectivity index (χ4v) is 1.74. The van der Waals surface area contributed by atoms with E-state index in [1.165, 1.54) is 0 Å². The molecule has 2 aliphatic heterocycles. The molecular formula is C11H18N2O2. The second-order valence-electron chi connectivity index (χ2n) is 4.22. The lowest BCUT2D eigenvalue weighted by Crippen LogP contribution is -2.03. The Hall–Kier alpha value is -1.06. The topological polar surface area (TPSA) is 43.2 Å². The Kier molecular flexibility index (Phi) is 3.23. The van der Waals surface area contributed by atoms with Crippen LogP contribution in [0.1, 0.15) is 33.1 Å². The predicted molar refractivity (Wildman–Crippen MR) is 59.5 cm³/mol. The van der Waals surface area contributed by atoms with Gasteiger partial charge in [-0.2, -0.15) is 0 Å². The predicted octanol–water partition coefficient (Wildman–Crippen LogP) is 1.79. The summed E-state index contributed by atoms with van der Waals surface area (Å²) in [4.78, 5) is 8.76. The van der Waals surface area contributed by atoms with Crippen LogP contribution in [-0.2, 0) is 9.47 Å². The number of rotatable bonds is 4. The summed E-state index contributed by atoms with van der Waals surface area (Å²) in [5.74, 6) is 1.79. The highest BCUT2D eigenvalue weighted by atomic mass is 16.5. The van der Waals surface area contributed by atoms with E-state index >= 15 is 0 Å².